The van der Waals surface area contributed by atoms with E-state index in [1.807, 2.05) is 0 Å². The van der Waals surface area contributed by atoms with Crippen LogP contribution in [0.4, 0.5) is 0 Å². The molecule has 0 aliphatic rings. The molecule has 9 N–H and O–H groups in total. The van der Waals surface area contributed by atoms with Gasteiger partial charge >= 0.3 is 0 Å². The molecule has 120 valence electrons. The average molecular weight is 315 g/mol. The average Bonchev–Trinajstić information content (AvgIpc) is 2.91. The Labute approximate surface area is 131 Å². The maximum Gasteiger partial charge on any atom is 0.166 e. The monoisotopic (exact) mass is 315 g/mol. The minimum atomic E-state index is -0.628. The fraction of sp³-hybridized carbons (Fsp3) is 0.125. The van der Waals surface area contributed by atoms with Gasteiger partial charge in [-0.2, -0.15) is 0 Å². The van der Waals surface area contributed by atoms with Crippen LogP contribution in [0.5, 0.6) is 23.0 Å². The zero-order valence-corrected chi connectivity index (χ0v) is 12.1. The van der Waals surface area contributed by atoms with Crippen molar-refractivity contribution in [1.82, 2.24) is 4.98 Å². The van der Waals surface area contributed by atoms with Crippen LogP contribution < -0.4 is 11.5 Å². The molecule has 0 unspecified atom stereocenters. The molecule has 7 nitrogen and oxygen atoms in total. The second kappa shape index (κ2) is 5.38. The summed E-state index contributed by atoms with van der Waals surface area (Å²) in [5, 5.41) is 40.9. The SMILES string of the molecule is NC(N)Cc1cc(O)c(O)c(-c2c(O)c(O)cc3[nH]ccc23)c1. The van der Waals surface area contributed by atoms with Gasteiger partial charge in [0.15, 0.2) is 23.0 Å². The number of nitrogens with two attached hydrogens (primary N) is 2. The minimum Gasteiger partial charge on any atom is -0.504 e. The molecule has 1 aromatic heterocycles. The zero-order chi connectivity index (χ0) is 16.7. The summed E-state index contributed by atoms with van der Waals surface area (Å²) in [6.45, 7) is 0. The lowest BCUT2D eigenvalue weighted by molar-refractivity contribution is 0.400. The fourth-order valence-electron chi connectivity index (χ4n) is 2.71. The Kier molecular flexibility index (Phi) is 3.51. The number of hydrogen-bond donors (Lipinski definition) is 7. The van der Waals surface area contributed by atoms with Crippen molar-refractivity contribution in [2.75, 3.05) is 0 Å². The highest BCUT2D eigenvalue weighted by atomic mass is 16.3. The summed E-state index contributed by atoms with van der Waals surface area (Å²) in [4.78, 5) is 2.92. The van der Waals surface area contributed by atoms with Crippen molar-refractivity contribution in [3.05, 3.63) is 36.0 Å². The van der Waals surface area contributed by atoms with E-state index in [-0.39, 0.29) is 34.8 Å². The predicted octanol–water partition coefficient (Wildman–Crippen LogP) is 1.44. The van der Waals surface area contributed by atoms with E-state index in [0.717, 1.165) is 0 Å². The van der Waals surface area contributed by atoms with Crippen molar-refractivity contribution in [2.24, 2.45) is 11.5 Å². The van der Waals surface area contributed by atoms with Gasteiger partial charge in [0.2, 0.25) is 0 Å². The minimum absolute atomic E-state index is 0.179. The van der Waals surface area contributed by atoms with Crippen LogP contribution in [0.2, 0.25) is 0 Å². The van der Waals surface area contributed by atoms with Gasteiger partial charge in [-0.3, -0.25) is 0 Å². The van der Waals surface area contributed by atoms with E-state index in [1.165, 1.54) is 12.1 Å². The van der Waals surface area contributed by atoms with E-state index in [1.54, 1.807) is 18.3 Å². The molecule has 0 fully saturated rings. The summed E-state index contributed by atoms with van der Waals surface area (Å²) >= 11 is 0. The van der Waals surface area contributed by atoms with Crippen molar-refractivity contribution in [3.8, 4) is 34.1 Å². The maximum atomic E-state index is 10.2. The number of rotatable bonds is 3. The number of aromatic nitrogens is 1. The van der Waals surface area contributed by atoms with Gasteiger partial charge in [-0.25, -0.2) is 0 Å². The van der Waals surface area contributed by atoms with E-state index < -0.39 is 11.9 Å². The molecule has 0 aliphatic carbocycles. The molecule has 0 radical (unpaired) electrons. The Morgan fingerprint density at radius 1 is 0.957 bits per heavy atom. The lowest BCUT2D eigenvalue weighted by atomic mass is 9.95. The van der Waals surface area contributed by atoms with Gasteiger partial charge in [-0.15, -0.1) is 0 Å². The summed E-state index contributed by atoms with van der Waals surface area (Å²) in [6.07, 6.45) is 1.29. The highest BCUT2D eigenvalue weighted by Gasteiger charge is 2.20. The second-order valence-electron chi connectivity index (χ2n) is 5.44. The summed E-state index contributed by atoms with van der Waals surface area (Å²) in [5.41, 5.74) is 12.7. The second-order valence-corrected chi connectivity index (χ2v) is 5.44. The summed E-state index contributed by atoms with van der Waals surface area (Å²) in [5.74, 6) is -1.48. The van der Waals surface area contributed by atoms with Gasteiger partial charge in [0.1, 0.15) is 0 Å². The van der Waals surface area contributed by atoms with Crippen LogP contribution in [-0.2, 0) is 6.42 Å². The molecule has 0 amide bonds. The molecule has 0 bridgehead atoms. The first-order chi connectivity index (χ1) is 10.9. The smallest absolute Gasteiger partial charge is 0.166 e. The van der Waals surface area contributed by atoms with Gasteiger partial charge in [-0.1, -0.05) is 0 Å². The molecule has 0 aliphatic heterocycles. The van der Waals surface area contributed by atoms with Crippen LogP contribution in [0.3, 0.4) is 0 Å². The summed E-state index contributed by atoms with van der Waals surface area (Å²) in [6, 6.07) is 6.01. The fourth-order valence-corrected chi connectivity index (χ4v) is 2.71. The van der Waals surface area contributed by atoms with Gasteiger partial charge in [0.25, 0.3) is 0 Å². The number of H-pyrrole nitrogens is 1. The summed E-state index contributed by atoms with van der Waals surface area (Å²) < 4.78 is 0. The third-order valence-corrected chi connectivity index (χ3v) is 3.70. The van der Waals surface area contributed by atoms with Crippen LogP contribution in [0.25, 0.3) is 22.0 Å². The van der Waals surface area contributed by atoms with Crippen LogP contribution >= 0.6 is 0 Å². The maximum absolute atomic E-state index is 10.2. The van der Waals surface area contributed by atoms with Crippen molar-refractivity contribution in [1.29, 1.82) is 0 Å². The number of benzene rings is 2. The number of aromatic amines is 1. The topological polar surface area (TPSA) is 149 Å². The lowest BCUT2D eigenvalue weighted by Crippen LogP contribution is -2.32. The van der Waals surface area contributed by atoms with Gasteiger partial charge in [0, 0.05) is 40.7 Å². The van der Waals surface area contributed by atoms with E-state index >= 15 is 0 Å². The Morgan fingerprint density at radius 2 is 1.65 bits per heavy atom. The number of phenols is 4. The number of phenolic OH excluding ortho intramolecular Hbond substituents is 4. The summed E-state index contributed by atoms with van der Waals surface area (Å²) in [7, 11) is 0. The Morgan fingerprint density at radius 3 is 2.35 bits per heavy atom. The van der Waals surface area contributed by atoms with Crippen molar-refractivity contribution < 1.29 is 20.4 Å². The third-order valence-electron chi connectivity index (χ3n) is 3.70. The standard InChI is InChI=1S/C16H17N3O4/c17-13(18)5-7-3-9(15(22)11(20)4-7)14-8-1-2-19-10(8)6-12(21)16(14)23/h1-4,6,13,19-23H,5,17-18H2. The van der Waals surface area contributed by atoms with Crippen molar-refractivity contribution >= 4 is 10.9 Å². The highest BCUT2D eigenvalue weighted by Crippen LogP contribution is 2.47. The molecule has 0 saturated carbocycles. The number of aromatic hydroxyl groups is 4. The van der Waals surface area contributed by atoms with Gasteiger partial charge in [0.05, 0.1) is 6.17 Å². The van der Waals surface area contributed by atoms with Gasteiger partial charge in [-0.05, 0) is 23.8 Å². The highest BCUT2D eigenvalue weighted by molar-refractivity contribution is 6.01. The molecule has 0 atom stereocenters. The molecule has 23 heavy (non-hydrogen) atoms. The molecule has 1 heterocycles. The van der Waals surface area contributed by atoms with Crippen molar-refractivity contribution in [3.63, 3.8) is 0 Å². The molecule has 2 aromatic carbocycles. The number of hydrogen-bond acceptors (Lipinski definition) is 6. The first-order valence-electron chi connectivity index (χ1n) is 6.97. The molecule has 0 spiro atoms. The van der Waals surface area contributed by atoms with E-state index in [9.17, 15) is 20.4 Å². The molecule has 3 rings (SSSR count). The van der Waals surface area contributed by atoms with E-state index in [2.05, 4.69) is 4.98 Å². The van der Waals surface area contributed by atoms with Gasteiger partial charge < -0.3 is 36.9 Å². The zero-order valence-electron chi connectivity index (χ0n) is 12.1. The van der Waals surface area contributed by atoms with Crippen LogP contribution in [0, 0.1) is 0 Å². The Balaban J connectivity index is 2.32. The van der Waals surface area contributed by atoms with E-state index in [4.69, 9.17) is 11.5 Å². The number of nitrogens with one attached hydrogen (secondary N) is 1. The Bertz CT molecular complexity index is 887. The Hall–Kier alpha value is -2.90. The molecule has 7 heteroatoms. The van der Waals surface area contributed by atoms with Crippen LogP contribution in [-0.4, -0.2) is 31.6 Å². The normalized spacial score (nSPS) is 11.4. The molecular weight excluding hydrogens is 298 g/mol. The van der Waals surface area contributed by atoms with Crippen molar-refractivity contribution in [2.45, 2.75) is 12.6 Å². The predicted molar refractivity (Wildman–Crippen MR) is 86.3 cm³/mol. The lowest BCUT2D eigenvalue weighted by Gasteiger charge is -2.14. The quantitative estimate of drug-likeness (QED) is 0.287. The van der Waals surface area contributed by atoms with Crippen LogP contribution in [0.15, 0.2) is 30.5 Å². The molecular formula is C16H17N3O4. The van der Waals surface area contributed by atoms with E-state index in [0.29, 0.717) is 16.5 Å². The largest absolute Gasteiger partial charge is 0.504 e. The molecule has 0 saturated heterocycles. The third kappa shape index (κ3) is 2.52. The first-order valence-corrected chi connectivity index (χ1v) is 6.97. The number of fused-ring (bicyclic) bond motifs is 1. The van der Waals surface area contributed by atoms with Crippen LogP contribution in [0.1, 0.15) is 5.56 Å². The molecule has 3 aromatic rings. The first kappa shape index (κ1) is 15.0.